The van der Waals surface area contributed by atoms with Gasteiger partial charge in [0, 0.05) is 13.1 Å². The Balaban J connectivity index is 1.92. The molecule has 2 N–H and O–H groups in total. The van der Waals surface area contributed by atoms with Crippen molar-refractivity contribution in [2.45, 2.75) is 31.8 Å². The molecule has 3 rings (SSSR count). The molecule has 1 fully saturated rings. The van der Waals surface area contributed by atoms with Gasteiger partial charge in [0.05, 0.1) is 5.70 Å². The largest absolute Gasteiger partial charge is 0.375 e. The Bertz CT molecular complexity index is 372. The molecule has 3 aliphatic heterocycles. The summed E-state index contributed by atoms with van der Waals surface area (Å²) >= 11 is 0. The highest BCUT2D eigenvalue weighted by Crippen LogP contribution is 2.23. The van der Waals surface area contributed by atoms with Crippen LogP contribution >= 0.6 is 0 Å². The molecule has 86 valence electrons. The molecule has 1 amide bonds. The van der Waals surface area contributed by atoms with Crippen molar-refractivity contribution in [3.05, 3.63) is 23.5 Å². The van der Waals surface area contributed by atoms with Crippen molar-refractivity contribution in [1.82, 2.24) is 15.5 Å². The van der Waals surface area contributed by atoms with E-state index in [4.69, 9.17) is 0 Å². The van der Waals surface area contributed by atoms with Gasteiger partial charge in [-0.25, -0.2) is 0 Å². The third-order valence-corrected chi connectivity index (χ3v) is 3.50. The molecular formula is C12H17N3O. The third-order valence-electron chi connectivity index (χ3n) is 3.50. The van der Waals surface area contributed by atoms with Gasteiger partial charge in [-0.3, -0.25) is 4.79 Å². The van der Waals surface area contributed by atoms with E-state index in [9.17, 15) is 4.79 Å². The Labute approximate surface area is 95.4 Å². The average Bonchev–Trinajstić information content (AvgIpc) is 2.55. The van der Waals surface area contributed by atoms with Crippen LogP contribution in [0, 0.1) is 0 Å². The number of hydrogen-bond acceptors (Lipinski definition) is 3. The fourth-order valence-corrected chi connectivity index (χ4v) is 2.65. The van der Waals surface area contributed by atoms with Gasteiger partial charge in [0.25, 0.3) is 5.91 Å². The van der Waals surface area contributed by atoms with Gasteiger partial charge < -0.3 is 15.5 Å². The maximum atomic E-state index is 12.3. The summed E-state index contributed by atoms with van der Waals surface area (Å²) in [4.78, 5) is 14.3. The molecule has 0 radical (unpaired) electrons. The van der Waals surface area contributed by atoms with Crippen LogP contribution in [-0.4, -0.2) is 30.1 Å². The lowest BCUT2D eigenvalue weighted by Gasteiger charge is -2.38. The molecule has 16 heavy (non-hydrogen) atoms. The van der Waals surface area contributed by atoms with Crippen LogP contribution < -0.4 is 10.6 Å². The molecule has 0 spiro atoms. The smallest absolute Gasteiger partial charge is 0.273 e. The highest BCUT2D eigenvalue weighted by Gasteiger charge is 2.34. The molecule has 3 heterocycles. The number of carbonyl (C=O) groups is 1. The van der Waals surface area contributed by atoms with Crippen LogP contribution in [0.15, 0.2) is 23.5 Å². The van der Waals surface area contributed by atoms with Crippen LogP contribution in [0.25, 0.3) is 0 Å². The first-order valence-electron chi connectivity index (χ1n) is 6.08. The number of rotatable bonds is 0. The Morgan fingerprint density at radius 1 is 1.31 bits per heavy atom. The minimum absolute atomic E-state index is 0.171. The minimum Gasteiger partial charge on any atom is -0.375 e. The van der Waals surface area contributed by atoms with E-state index in [1.165, 1.54) is 12.8 Å². The van der Waals surface area contributed by atoms with E-state index < -0.39 is 0 Å². The molecule has 4 nitrogen and oxygen atoms in total. The molecule has 0 aromatic carbocycles. The summed E-state index contributed by atoms with van der Waals surface area (Å²) in [6, 6.07) is 0. The van der Waals surface area contributed by atoms with Gasteiger partial charge in [-0.2, -0.15) is 0 Å². The number of fused-ring (bicyclic) bond motifs is 1. The lowest BCUT2D eigenvalue weighted by atomic mass is 10.1. The summed E-state index contributed by atoms with van der Waals surface area (Å²) in [5.74, 6) is 0.171. The first-order chi connectivity index (χ1) is 7.86. The molecule has 0 aromatic rings. The standard InChI is InChI=1S/C12H17N3O/c16-12-11-9(5-4-7-13-11)14-10-6-2-1-3-8-15(10)12/h4-5,10,13-14H,1-3,6-8H2. The van der Waals surface area contributed by atoms with E-state index in [-0.39, 0.29) is 12.1 Å². The second-order valence-electron chi connectivity index (χ2n) is 4.58. The molecule has 0 saturated carbocycles. The van der Waals surface area contributed by atoms with Gasteiger partial charge >= 0.3 is 0 Å². The van der Waals surface area contributed by atoms with E-state index >= 15 is 0 Å². The fourth-order valence-electron chi connectivity index (χ4n) is 2.65. The summed E-state index contributed by atoms with van der Waals surface area (Å²) in [5.41, 5.74) is 1.72. The van der Waals surface area contributed by atoms with Gasteiger partial charge in [0.15, 0.2) is 0 Å². The lowest BCUT2D eigenvalue weighted by Crippen LogP contribution is -2.55. The van der Waals surface area contributed by atoms with Crippen LogP contribution in [0.1, 0.15) is 25.7 Å². The Morgan fingerprint density at radius 3 is 3.19 bits per heavy atom. The van der Waals surface area contributed by atoms with Crippen LogP contribution in [0.3, 0.4) is 0 Å². The highest BCUT2D eigenvalue weighted by molar-refractivity contribution is 5.95. The molecule has 1 unspecified atom stereocenters. The van der Waals surface area contributed by atoms with E-state index in [2.05, 4.69) is 10.6 Å². The predicted octanol–water partition coefficient (Wildman–Crippen LogP) is 0.689. The van der Waals surface area contributed by atoms with Gasteiger partial charge in [-0.05, 0) is 25.3 Å². The van der Waals surface area contributed by atoms with Crippen LogP contribution in [0.5, 0.6) is 0 Å². The van der Waals surface area contributed by atoms with E-state index in [0.717, 1.165) is 37.3 Å². The number of dihydropyridines is 1. The average molecular weight is 219 g/mol. The van der Waals surface area contributed by atoms with E-state index in [1.807, 2.05) is 17.1 Å². The number of amides is 1. The first kappa shape index (κ1) is 9.75. The quantitative estimate of drug-likeness (QED) is 0.630. The van der Waals surface area contributed by atoms with Crippen LogP contribution in [0.2, 0.25) is 0 Å². The molecule has 0 aromatic heterocycles. The molecular weight excluding hydrogens is 202 g/mol. The molecule has 4 heteroatoms. The number of nitrogens with one attached hydrogen (secondary N) is 2. The Morgan fingerprint density at radius 2 is 2.25 bits per heavy atom. The Hall–Kier alpha value is -1.45. The normalized spacial score (nSPS) is 28.9. The van der Waals surface area contributed by atoms with Crippen LogP contribution in [-0.2, 0) is 4.79 Å². The number of hydrogen-bond donors (Lipinski definition) is 2. The maximum absolute atomic E-state index is 12.3. The molecule has 3 aliphatic rings. The number of nitrogens with zero attached hydrogens (tertiary/aromatic N) is 1. The molecule has 0 aliphatic carbocycles. The van der Waals surface area contributed by atoms with Gasteiger partial charge in [-0.1, -0.05) is 12.5 Å². The zero-order chi connectivity index (χ0) is 11.0. The second-order valence-corrected chi connectivity index (χ2v) is 4.58. The lowest BCUT2D eigenvalue weighted by molar-refractivity contribution is -0.131. The van der Waals surface area contributed by atoms with Crippen LogP contribution in [0.4, 0.5) is 0 Å². The fraction of sp³-hybridized carbons (Fsp3) is 0.583. The van der Waals surface area contributed by atoms with Crippen molar-refractivity contribution >= 4 is 5.91 Å². The predicted molar refractivity (Wildman–Crippen MR) is 61.3 cm³/mol. The monoisotopic (exact) mass is 219 g/mol. The van der Waals surface area contributed by atoms with Crippen molar-refractivity contribution in [1.29, 1.82) is 0 Å². The zero-order valence-electron chi connectivity index (χ0n) is 9.33. The molecule has 0 bridgehead atoms. The maximum Gasteiger partial charge on any atom is 0.273 e. The van der Waals surface area contributed by atoms with Gasteiger partial charge in [-0.15, -0.1) is 0 Å². The topological polar surface area (TPSA) is 44.4 Å². The molecule has 1 atom stereocenters. The van der Waals surface area contributed by atoms with Gasteiger partial charge in [0.1, 0.15) is 11.9 Å². The minimum atomic E-state index is 0.171. The van der Waals surface area contributed by atoms with Crippen molar-refractivity contribution < 1.29 is 4.79 Å². The summed E-state index contributed by atoms with van der Waals surface area (Å²) < 4.78 is 0. The summed E-state index contributed by atoms with van der Waals surface area (Å²) in [7, 11) is 0. The summed E-state index contributed by atoms with van der Waals surface area (Å²) in [6.07, 6.45) is 8.91. The second kappa shape index (κ2) is 3.85. The molecule has 1 saturated heterocycles. The summed E-state index contributed by atoms with van der Waals surface area (Å²) in [5, 5.41) is 6.63. The van der Waals surface area contributed by atoms with Crippen molar-refractivity contribution in [2.75, 3.05) is 13.1 Å². The Kier molecular flexibility index (Phi) is 2.35. The SMILES string of the molecule is O=C1C2=C(C=CCN2)NC2CCCCCN12. The van der Waals surface area contributed by atoms with E-state index in [0.29, 0.717) is 0 Å². The van der Waals surface area contributed by atoms with Crippen molar-refractivity contribution in [2.24, 2.45) is 0 Å². The van der Waals surface area contributed by atoms with Gasteiger partial charge in [0.2, 0.25) is 0 Å². The number of allylic oxidation sites excluding steroid dienone is 1. The number of carbonyl (C=O) groups excluding carboxylic acids is 1. The van der Waals surface area contributed by atoms with Crippen molar-refractivity contribution in [3.63, 3.8) is 0 Å². The van der Waals surface area contributed by atoms with E-state index in [1.54, 1.807) is 0 Å². The van der Waals surface area contributed by atoms with Crippen molar-refractivity contribution in [3.8, 4) is 0 Å². The highest BCUT2D eigenvalue weighted by atomic mass is 16.2. The third kappa shape index (κ3) is 1.49. The first-order valence-corrected chi connectivity index (χ1v) is 6.08. The summed E-state index contributed by atoms with van der Waals surface area (Å²) in [6.45, 7) is 1.64. The zero-order valence-corrected chi connectivity index (χ0v) is 9.33.